The smallest absolute Gasteiger partial charge is 0.259 e. The van der Waals surface area contributed by atoms with E-state index in [2.05, 4.69) is 32.5 Å². The number of aryl methyl sites for hydroxylation is 2. The predicted molar refractivity (Wildman–Crippen MR) is 114 cm³/mol. The van der Waals surface area contributed by atoms with Gasteiger partial charge in [-0.1, -0.05) is 48.0 Å². The van der Waals surface area contributed by atoms with E-state index in [9.17, 15) is 4.79 Å². The van der Waals surface area contributed by atoms with Gasteiger partial charge in [-0.15, -0.1) is 0 Å². The summed E-state index contributed by atoms with van der Waals surface area (Å²) in [7, 11) is 0. The summed E-state index contributed by atoms with van der Waals surface area (Å²) in [5, 5.41) is 5.43. The van der Waals surface area contributed by atoms with Crippen molar-refractivity contribution in [2.75, 3.05) is 18.0 Å². The second-order valence-electron chi connectivity index (χ2n) is 6.96. The van der Waals surface area contributed by atoms with E-state index in [4.69, 9.17) is 11.6 Å². The Hall–Kier alpha value is -2.92. The van der Waals surface area contributed by atoms with Gasteiger partial charge >= 0.3 is 0 Å². The van der Waals surface area contributed by atoms with Crippen molar-refractivity contribution >= 4 is 40.3 Å². The molecule has 2 aromatic carbocycles. The van der Waals surface area contributed by atoms with Crippen LogP contribution in [0.25, 0.3) is 10.9 Å². The van der Waals surface area contributed by atoms with Crippen LogP contribution in [0.15, 0.2) is 53.6 Å². The number of amides is 1. The van der Waals surface area contributed by atoms with E-state index < -0.39 is 0 Å². The summed E-state index contributed by atoms with van der Waals surface area (Å²) < 4.78 is 0. The molecule has 0 bridgehead atoms. The molecule has 0 atom stereocenters. The lowest BCUT2D eigenvalue weighted by Gasteiger charge is -2.30. The predicted octanol–water partition coefficient (Wildman–Crippen LogP) is 4.10. The van der Waals surface area contributed by atoms with Crippen LogP contribution in [0.4, 0.5) is 5.69 Å². The standard InChI is InChI=1S/C22H21ClN4O/c1-15-6-4-8-17-12-18(22(23)25-21(15)17)13-24-26-20(28)14-27-11-5-9-16-7-2-3-10-19(16)27/h2-4,6-8,10,12-13H,5,9,11,14H2,1H3,(H,26,28)/b24-13-. The van der Waals surface area contributed by atoms with Crippen molar-refractivity contribution in [2.24, 2.45) is 5.10 Å². The minimum Gasteiger partial charge on any atom is -0.362 e. The van der Waals surface area contributed by atoms with Gasteiger partial charge in [0.15, 0.2) is 0 Å². The Labute approximate surface area is 169 Å². The normalized spacial score (nSPS) is 13.7. The van der Waals surface area contributed by atoms with Gasteiger partial charge in [0, 0.05) is 23.2 Å². The van der Waals surface area contributed by atoms with Crippen LogP contribution >= 0.6 is 11.6 Å². The number of hydrogen-bond acceptors (Lipinski definition) is 4. The van der Waals surface area contributed by atoms with Crippen LogP contribution in [0.5, 0.6) is 0 Å². The Morgan fingerprint density at radius 2 is 2.14 bits per heavy atom. The third-order valence-electron chi connectivity index (χ3n) is 4.96. The van der Waals surface area contributed by atoms with Crippen molar-refractivity contribution < 1.29 is 4.79 Å². The highest BCUT2D eigenvalue weighted by Crippen LogP contribution is 2.26. The second-order valence-corrected chi connectivity index (χ2v) is 7.32. The fraction of sp³-hybridized carbons (Fsp3) is 0.227. The number of aromatic nitrogens is 1. The molecule has 28 heavy (non-hydrogen) atoms. The van der Waals surface area contributed by atoms with Gasteiger partial charge in [-0.25, -0.2) is 10.4 Å². The topological polar surface area (TPSA) is 57.6 Å². The Morgan fingerprint density at radius 3 is 3.04 bits per heavy atom. The van der Waals surface area contributed by atoms with Crippen molar-refractivity contribution in [3.05, 3.63) is 70.4 Å². The van der Waals surface area contributed by atoms with Crippen LogP contribution in [0.3, 0.4) is 0 Å². The van der Waals surface area contributed by atoms with Gasteiger partial charge in [0.05, 0.1) is 18.3 Å². The number of carbonyl (C=O) groups excluding carboxylic acids is 1. The lowest BCUT2D eigenvalue weighted by molar-refractivity contribution is -0.119. The van der Waals surface area contributed by atoms with Crippen LogP contribution in [0.2, 0.25) is 5.15 Å². The molecule has 1 amide bonds. The molecule has 2 heterocycles. The highest BCUT2D eigenvalue weighted by atomic mass is 35.5. The summed E-state index contributed by atoms with van der Waals surface area (Å²) in [6.45, 7) is 3.14. The lowest BCUT2D eigenvalue weighted by Crippen LogP contribution is -2.38. The zero-order chi connectivity index (χ0) is 19.5. The number of hydrazone groups is 1. The lowest BCUT2D eigenvalue weighted by atomic mass is 10.0. The first kappa shape index (κ1) is 18.4. The summed E-state index contributed by atoms with van der Waals surface area (Å²) >= 11 is 6.28. The summed E-state index contributed by atoms with van der Waals surface area (Å²) in [6.07, 6.45) is 3.64. The molecule has 5 nitrogen and oxygen atoms in total. The Bertz CT molecular complexity index is 1060. The van der Waals surface area contributed by atoms with Crippen molar-refractivity contribution in [3.8, 4) is 0 Å². The van der Waals surface area contributed by atoms with E-state index in [-0.39, 0.29) is 12.5 Å². The first-order chi connectivity index (χ1) is 13.6. The van der Waals surface area contributed by atoms with Gasteiger partial charge < -0.3 is 4.90 Å². The number of halogens is 1. The number of rotatable bonds is 4. The van der Waals surface area contributed by atoms with E-state index in [0.717, 1.165) is 41.5 Å². The molecule has 0 unspecified atom stereocenters. The fourth-order valence-electron chi connectivity index (χ4n) is 3.59. The van der Waals surface area contributed by atoms with Crippen molar-refractivity contribution in [2.45, 2.75) is 19.8 Å². The molecule has 0 spiro atoms. The molecule has 1 aromatic heterocycles. The number of hydrogen-bond donors (Lipinski definition) is 1. The number of fused-ring (bicyclic) bond motifs is 2. The molecule has 4 rings (SSSR count). The molecule has 142 valence electrons. The van der Waals surface area contributed by atoms with Gasteiger partial charge in [0.2, 0.25) is 0 Å². The van der Waals surface area contributed by atoms with Crippen LogP contribution in [-0.4, -0.2) is 30.2 Å². The van der Waals surface area contributed by atoms with E-state index in [1.54, 1.807) is 6.21 Å². The average molecular weight is 393 g/mol. The maximum Gasteiger partial charge on any atom is 0.259 e. The van der Waals surface area contributed by atoms with Crippen molar-refractivity contribution in [1.29, 1.82) is 0 Å². The number of pyridine rings is 1. The zero-order valence-electron chi connectivity index (χ0n) is 15.7. The Morgan fingerprint density at radius 1 is 1.29 bits per heavy atom. The molecule has 0 fully saturated rings. The fourth-order valence-corrected chi connectivity index (χ4v) is 3.78. The third-order valence-corrected chi connectivity index (χ3v) is 5.26. The van der Waals surface area contributed by atoms with Gasteiger partial charge in [-0.2, -0.15) is 5.10 Å². The quantitative estimate of drug-likeness (QED) is 0.413. The molecule has 6 heteroatoms. The Kier molecular flexibility index (Phi) is 5.26. The molecule has 1 aliphatic rings. The Balaban J connectivity index is 1.43. The maximum atomic E-state index is 12.3. The van der Waals surface area contributed by atoms with Crippen molar-refractivity contribution in [1.82, 2.24) is 10.4 Å². The molecule has 0 saturated heterocycles. The van der Waals surface area contributed by atoms with Gasteiger partial charge in [-0.3, -0.25) is 4.79 Å². The van der Waals surface area contributed by atoms with E-state index in [1.807, 2.05) is 43.3 Å². The third kappa shape index (κ3) is 3.85. The van der Waals surface area contributed by atoms with Gasteiger partial charge in [0.1, 0.15) is 5.15 Å². The number of nitrogens with one attached hydrogen (secondary N) is 1. The van der Waals surface area contributed by atoms with Crippen molar-refractivity contribution in [3.63, 3.8) is 0 Å². The number of para-hydroxylation sites is 2. The number of nitrogens with zero attached hydrogens (tertiary/aromatic N) is 3. The monoisotopic (exact) mass is 392 g/mol. The molecule has 1 N–H and O–H groups in total. The zero-order valence-corrected chi connectivity index (χ0v) is 16.4. The molecule has 3 aromatic rings. The molecular formula is C22H21ClN4O. The molecule has 0 radical (unpaired) electrons. The highest BCUT2D eigenvalue weighted by Gasteiger charge is 2.18. The van der Waals surface area contributed by atoms with Crippen LogP contribution in [0, 0.1) is 6.92 Å². The van der Waals surface area contributed by atoms with Crippen LogP contribution < -0.4 is 10.3 Å². The summed E-state index contributed by atoms with van der Waals surface area (Å²) in [4.78, 5) is 18.9. The second kappa shape index (κ2) is 7.98. The largest absolute Gasteiger partial charge is 0.362 e. The van der Waals surface area contributed by atoms with E-state index in [1.165, 1.54) is 5.56 Å². The molecule has 0 aliphatic carbocycles. The average Bonchev–Trinajstić information content (AvgIpc) is 2.69. The number of carbonyl (C=O) groups is 1. The van der Waals surface area contributed by atoms with Crippen LogP contribution in [0.1, 0.15) is 23.1 Å². The minimum absolute atomic E-state index is 0.159. The highest BCUT2D eigenvalue weighted by molar-refractivity contribution is 6.32. The van der Waals surface area contributed by atoms with E-state index >= 15 is 0 Å². The van der Waals surface area contributed by atoms with Crippen LogP contribution in [-0.2, 0) is 11.2 Å². The molecule has 1 aliphatic heterocycles. The van der Waals surface area contributed by atoms with Gasteiger partial charge in [0.25, 0.3) is 5.91 Å². The first-order valence-electron chi connectivity index (χ1n) is 9.32. The SMILES string of the molecule is Cc1cccc2cc(/C=N\NC(=O)CN3CCCc4ccccc43)c(Cl)nc12. The van der Waals surface area contributed by atoms with E-state index in [0.29, 0.717) is 10.7 Å². The number of benzene rings is 2. The maximum absolute atomic E-state index is 12.3. The molecular weight excluding hydrogens is 372 g/mol. The first-order valence-corrected chi connectivity index (χ1v) is 9.70. The summed E-state index contributed by atoms with van der Waals surface area (Å²) in [5.41, 5.74) is 7.62. The summed E-state index contributed by atoms with van der Waals surface area (Å²) in [6, 6.07) is 16.1. The summed E-state index contributed by atoms with van der Waals surface area (Å²) in [5.74, 6) is -0.159. The minimum atomic E-state index is -0.159. The number of anilines is 1. The molecule has 0 saturated carbocycles. The van der Waals surface area contributed by atoms with Gasteiger partial charge in [-0.05, 0) is 43.0 Å².